The first-order chi connectivity index (χ1) is 32.5. The van der Waals surface area contributed by atoms with Crippen molar-refractivity contribution in [2.24, 2.45) is 0 Å². The zero-order chi connectivity index (χ0) is 44.2. The highest BCUT2D eigenvalue weighted by molar-refractivity contribution is 6.35. The third-order valence-corrected chi connectivity index (χ3v) is 12.6. The largest absolute Gasteiger partial charge is 0.309 e. The molecule has 0 aliphatic carbocycles. The van der Waals surface area contributed by atoms with Crippen LogP contribution in [0.5, 0.6) is 0 Å². The summed E-state index contributed by atoms with van der Waals surface area (Å²) in [5.41, 5.74) is 10.2. The second-order valence-electron chi connectivity index (χ2n) is 16.1. The van der Waals surface area contributed by atoms with Crippen LogP contribution in [0, 0.1) is 0 Å². The number of benzene rings is 7. The number of rotatable bonds is 6. The Kier molecular flexibility index (Phi) is 7.91. The van der Waals surface area contributed by atoms with Gasteiger partial charge in [-0.2, -0.15) is 0 Å². The van der Waals surface area contributed by atoms with Crippen LogP contribution in [0.1, 0.15) is 42.0 Å². The number of fused-ring (bicyclic) bond motifs is 8. The molecule has 0 unspecified atom stereocenters. The highest BCUT2D eigenvalue weighted by atomic mass is 16.2. The Balaban J connectivity index is 1.15. The maximum absolute atomic E-state index is 13.6. The summed E-state index contributed by atoms with van der Waals surface area (Å²) in [6.07, 6.45) is 5.64. The minimum Gasteiger partial charge on any atom is -0.309 e. The van der Waals surface area contributed by atoms with Crippen LogP contribution in [0.2, 0.25) is 0 Å². The summed E-state index contributed by atoms with van der Waals surface area (Å²) < 4.78 is 4.61. The van der Waals surface area contributed by atoms with E-state index >= 15 is 0 Å². The van der Waals surface area contributed by atoms with Gasteiger partial charge in [0.25, 0.3) is 23.6 Å². The van der Waals surface area contributed by atoms with Crippen molar-refractivity contribution in [3.63, 3.8) is 0 Å². The summed E-state index contributed by atoms with van der Waals surface area (Å²) in [7, 11) is 0. The number of aromatic nitrogens is 6. The van der Waals surface area contributed by atoms with Crippen molar-refractivity contribution in [2.45, 2.75) is 0 Å². The number of imide groups is 2. The highest BCUT2D eigenvalue weighted by Gasteiger charge is 2.41. The molecule has 0 saturated carbocycles. The third kappa shape index (κ3) is 5.14. The van der Waals surface area contributed by atoms with Gasteiger partial charge in [-0.25, -0.2) is 29.7 Å². The Labute approximate surface area is 374 Å². The summed E-state index contributed by atoms with van der Waals surface area (Å²) in [6.45, 7) is 0. The molecule has 6 heterocycles. The van der Waals surface area contributed by atoms with Crippen LogP contribution >= 0.6 is 0 Å². The van der Waals surface area contributed by atoms with Crippen molar-refractivity contribution in [2.75, 3.05) is 9.80 Å². The monoisotopic (exact) mass is 854 g/mol. The van der Waals surface area contributed by atoms with Crippen molar-refractivity contribution < 1.29 is 19.2 Å². The fraction of sp³-hybridized carbons (Fsp3) is 0. The lowest BCUT2D eigenvalue weighted by Crippen LogP contribution is -2.29. The van der Waals surface area contributed by atoms with E-state index < -0.39 is 23.6 Å². The number of anilines is 2. The van der Waals surface area contributed by atoms with Crippen molar-refractivity contribution in [1.82, 2.24) is 29.1 Å². The average Bonchev–Trinajstić information content (AvgIpc) is 4.06. The lowest BCUT2D eigenvalue weighted by molar-refractivity contribution is 0.0907. The van der Waals surface area contributed by atoms with E-state index in [1.54, 1.807) is 24.3 Å². The first-order valence-electron chi connectivity index (χ1n) is 21.2. The number of amides is 4. The Morgan fingerprint density at radius 2 is 0.636 bits per heavy atom. The van der Waals surface area contributed by atoms with Gasteiger partial charge in [0.15, 0.2) is 22.8 Å². The predicted octanol–water partition coefficient (Wildman–Crippen LogP) is 10.4. The zero-order valence-electron chi connectivity index (χ0n) is 34.5. The second kappa shape index (κ2) is 14.0. The molecule has 12 heteroatoms. The number of nitrogens with zero attached hydrogens (tertiary/aromatic N) is 8. The van der Waals surface area contributed by atoms with Gasteiger partial charge in [-0.3, -0.25) is 19.2 Å². The van der Waals surface area contributed by atoms with Gasteiger partial charge in [0.1, 0.15) is 0 Å². The Morgan fingerprint density at radius 3 is 0.985 bits per heavy atom. The maximum atomic E-state index is 13.6. The number of carbonyl (C=O) groups excluding carboxylic acids is 4. The Hall–Kier alpha value is -9.42. The van der Waals surface area contributed by atoms with Crippen LogP contribution in [0.25, 0.3) is 77.2 Å². The van der Waals surface area contributed by atoms with E-state index in [0.717, 1.165) is 87.0 Å². The van der Waals surface area contributed by atoms with Crippen molar-refractivity contribution >= 4 is 78.6 Å². The van der Waals surface area contributed by atoms with Crippen LogP contribution in [0.3, 0.4) is 0 Å². The van der Waals surface area contributed by atoms with Gasteiger partial charge in [0.2, 0.25) is 0 Å². The topological polar surface area (TPSA) is 136 Å². The first-order valence-corrected chi connectivity index (χ1v) is 21.2. The molecule has 0 saturated heterocycles. The van der Waals surface area contributed by atoms with E-state index in [4.69, 9.17) is 0 Å². The summed E-state index contributed by atoms with van der Waals surface area (Å²) in [5.74, 6) is -2.10. The molecule has 2 aliphatic rings. The van der Waals surface area contributed by atoms with Gasteiger partial charge in [-0.05, 0) is 71.8 Å². The molecule has 310 valence electrons. The first kappa shape index (κ1) is 37.2. The van der Waals surface area contributed by atoms with E-state index in [0.29, 0.717) is 11.4 Å². The van der Waals surface area contributed by atoms with E-state index in [9.17, 15) is 19.2 Å². The molecule has 13 rings (SSSR count). The number of hydrogen-bond donors (Lipinski definition) is 0. The van der Waals surface area contributed by atoms with Crippen LogP contribution in [0.15, 0.2) is 183 Å². The summed E-state index contributed by atoms with van der Waals surface area (Å²) in [4.78, 5) is 73.4. The molecule has 4 amide bonds. The average molecular weight is 855 g/mol. The predicted molar refractivity (Wildman–Crippen MR) is 252 cm³/mol. The van der Waals surface area contributed by atoms with E-state index in [1.165, 1.54) is 24.8 Å². The quantitative estimate of drug-likeness (QED) is 0.151. The van der Waals surface area contributed by atoms with E-state index in [1.807, 2.05) is 84.9 Å². The number of carbonyl (C=O) groups is 4. The molecule has 0 radical (unpaired) electrons. The minimum absolute atomic E-state index is 0.0254. The lowest BCUT2D eigenvalue weighted by Gasteiger charge is -2.20. The summed E-state index contributed by atoms with van der Waals surface area (Å²) in [6, 6.07) is 52.3. The van der Waals surface area contributed by atoms with E-state index in [2.05, 4.69) is 77.6 Å². The molecule has 0 bridgehead atoms. The van der Waals surface area contributed by atoms with Crippen LogP contribution in [-0.4, -0.2) is 52.7 Å². The van der Waals surface area contributed by atoms with Crippen molar-refractivity contribution in [3.8, 4) is 33.6 Å². The molecule has 4 aromatic heterocycles. The SMILES string of the molecule is O=C1c2nccnc2C(=O)N1c1ccc(-c2c3c4ccccc4n(-c4ccccc4)c3c(-c3ccc(N4C(=O)c5nccnc5C4=O)cc3)c3c4ccccc4n(-c4ccccc4)c23)cc1. The molecular formula is C54H30N8O4. The van der Waals surface area contributed by atoms with Crippen LogP contribution in [-0.2, 0) is 0 Å². The molecule has 2 aliphatic heterocycles. The highest BCUT2D eigenvalue weighted by Crippen LogP contribution is 2.52. The summed E-state index contributed by atoms with van der Waals surface area (Å²) in [5, 5.41) is 3.95. The van der Waals surface area contributed by atoms with Crippen LogP contribution in [0.4, 0.5) is 11.4 Å². The maximum Gasteiger partial charge on any atom is 0.286 e. The number of para-hydroxylation sites is 4. The van der Waals surface area contributed by atoms with Crippen LogP contribution < -0.4 is 9.80 Å². The number of hydrogen-bond acceptors (Lipinski definition) is 8. The lowest BCUT2D eigenvalue weighted by atomic mass is 9.89. The smallest absolute Gasteiger partial charge is 0.286 e. The molecule has 11 aromatic rings. The van der Waals surface area contributed by atoms with Gasteiger partial charge in [0, 0.05) is 68.8 Å². The molecule has 7 aromatic carbocycles. The zero-order valence-corrected chi connectivity index (χ0v) is 34.5. The molecule has 66 heavy (non-hydrogen) atoms. The fourth-order valence-corrected chi connectivity index (χ4v) is 9.88. The molecule has 0 atom stereocenters. The van der Waals surface area contributed by atoms with Gasteiger partial charge in [0.05, 0.1) is 33.4 Å². The molecular weight excluding hydrogens is 825 g/mol. The van der Waals surface area contributed by atoms with Crippen molar-refractivity contribution in [1.29, 1.82) is 0 Å². The fourth-order valence-electron chi connectivity index (χ4n) is 9.88. The van der Waals surface area contributed by atoms with Gasteiger partial charge in [-0.1, -0.05) is 97.1 Å². The van der Waals surface area contributed by atoms with Gasteiger partial charge in [-0.15, -0.1) is 0 Å². The molecule has 0 fully saturated rings. The van der Waals surface area contributed by atoms with E-state index in [-0.39, 0.29) is 22.8 Å². The normalized spacial score (nSPS) is 13.5. The minimum atomic E-state index is -0.525. The molecule has 0 N–H and O–H groups in total. The van der Waals surface area contributed by atoms with Gasteiger partial charge >= 0.3 is 0 Å². The van der Waals surface area contributed by atoms with Crippen molar-refractivity contribution in [3.05, 3.63) is 205 Å². The second-order valence-corrected chi connectivity index (χ2v) is 16.1. The molecule has 0 spiro atoms. The Bertz CT molecular complexity index is 3570. The summed E-state index contributed by atoms with van der Waals surface area (Å²) >= 11 is 0. The third-order valence-electron chi connectivity index (χ3n) is 12.6. The molecule has 12 nitrogen and oxygen atoms in total. The standard InChI is InChI=1S/C54H30N8O4/c63-51-45-46(56-28-27-55-45)52(64)61(51)35-23-19-31(20-24-35)41-44-38-16-8-10-18-40(38)60(34-13-5-2-6-14-34)50(44)42(43-37-15-7-9-17-39(37)59(49(41)43)33-11-3-1-4-12-33)32-21-25-36(26-22-32)62-53(65)47-48(54(62)66)58-30-29-57-47/h1-30H. The van der Waals surface area contributed by atoms with Gasteiger partial charge < -0.3 is 9.13 Å². The Morgan fingerprint density at radius 1 is 0.318 bits per heavy atom.